The average molecular weight is 429 g/mol. The Hall–Kier alpha value is -1.27. The fourth-order valence-electron chi connectivity index (χ4n) is 2.23. The lowest BCUT2D eigenvalue weighted by molar-refractivity contribution is 0.199. The average Bonchev–Trinajstić information content (AvgIpc) is 2.61. The Balaban J connectivity index is 2.07. The van der Waals surface area contributed by atoms with Gasteiger partial charge in [0.15, 0.2) is 11.5 Å². The van der Waals surface area contributed by atoms with Gasteiger partial charge in [0.05, 0.1) is 13.2 Å². The number of benzene rings is 2. The molecule has 4 nitrogen and oxygen atoms in total. The quantitative estimate of drug-likeness (QED) is 0.551. The van der Waals surface area contributed by atoms with Crippen molar-refractivity contribution in [3.63, 3.8) is 0 Å². The molecular weight excluding hydrogens is 406 g/mol. The highest BCUT2D eigenvalue weighted by Crippen LogP contribution is 2.34. The first-order chi connectivity index (χ1) is 12.1. The van der Waals surface area contributed by atoms with Crippen molar-refractivity contribution in [3.8, 4) is 11.5 Å². The molecule has 2 aromatic rings. The van der Waals surface area contributed by atoms with Crippen LogP contribution in [-0.4, -0.2) is 26.9 Å². The van der Waals surface area contributed by atoms with Crippen LogP contribution in [0.5, 0.6) is 11.5 Å². The molecule has 0 fully saturated rings. The molecule has 0 saturated heterocycles. The second kappa shape index (κ2) is 10.7. The molecule has 0 bridgehead atoms. The Morgan fingerprint density at radius 3 is 2.48 bits per heavy atom. The summed E-state index contributed by atoms with van der Waals surface area (Å²) in [6.45, 7) is 5.19. The number of methoxy groups -OCH3 is 1. The predicted molar refractivity (Wildman–Crippen MR) is 105 cm³/mol. The monoisotopic (exact) mass is 427 g/mol. The molecule has 1 N–H and O–H groups in total. The van der Waals surface area contributed by atoms with E-state index in [0.29, 0.717) is 30.6 Å². The molecule has 0 aliphatic rings. The summed E-state index contributed by atoms with van der Waals surface area (Å²) < 4.78 is 17.7. The highest BCUT2D eigenvalue weighted by Gasteiger charge is 2.11. The number of ether oxygens (including phenoxy) is 3. The Bertz CT molecular complexity index is 664. The van der Waals surface area contributed by atoms with E-state index < -0.39 is 0 Å². The summed E-state index contributed by atoms with van der Waals surface area (Å²) in [5.74, 6) is 1.45. The van der Waals surface area contributed by atoms with E-state index in [1.807, 2.05) is 43.3 Å². The second-order valence-corrected chi connectivity index (χ2v) is 6.70. The van der Waals surface area contributed by atoms with Crippen molar-refractivity contribution in [2.45, 2.75) is 20.1 Å². The molecule has 0 heterocycles. The summed E-state index contributed by atoms with van der Waals surface area (Å²) in [5.41, 5.74) is 2.16. The zero-order valence-corrected chi connectivity index (χ0v) is 16.8. The third kappa shape index (κ3) is 6.51. The van der Waals surface area contributed by atoms with Gasteiger partial charge in [0.2, 0.25) is 0 Å². The van der Waals surface area contributed by atoms with Gasteiger partial charge in [0.25, 0.3) is 0 Å². The molecule has 0 atom stereocenters. The third-order valence-corrected chi connectivity index (χ3v) is 4.51. The molecule has 0 aromatic heterocycles. The Labute approximate surface area is 162 Å². The SMILES string of the molecule is CCOc1cc(CNCCOC)c(Br)cc1OCc1ccc(Cl)cc1. The van der Waals surface area contributed by atoms with Gasteiger partial charge in [-0.05, 0) is 42.3 Å². The molecule has 0 spiro atoms. The lowest BCUT2D eigenvalue weighted by Gasteiger charge is -2.15. The van der Waals surface area contributed by atoms with Gasteiger partial charge >= 0.3 is 0 Å². The fraction of sp³-hybridized carbons (Fsp3) is 0.368. The number of rotatable bonds is 10. The summed E-state index contributed by atoms with van der Waals surface area (Å²) in [6.07, 6.45) is 0. The minimum atomic E-state index is 0.453. The number of halogens is 2. The lowest BCUT2D eigenvalue weighted by atomic mass is 10.2. The largest absolute Gasteiger partial charge is 0.490 e. The van der Waals surface area contributed by atoms with Crippen LogP contribution in [-0.2, 0) is 17.9 Å². The van der Waals surface area contributed by atoms with E-state index in [0.717, 1.165) is 34.4 Å². The lowest BCUT2D eigenvalue weighted by Crippen LogP contribution is -2.18. The van der Waals surface area contributed by atoms with E-state index in [9.17, 15) is 0 Å². The van der Waals surface area contributed by atoms with E-state index in [2.05, 4.69) is 21.2 Å². The zero-order valence-electron chi connectivity index (χ0n) is 14.5. The summed E-state index contributed by atoms with van der Waals surface area (Å²) in [7, 11) is 1.69. The fourth-order valence-corrected chi connectivity index (χ4v) is 2.82. The van der Waals surface area contributed by atoms with Crippen LogP contribution in [0.25, 0.3) is 0 Å². The first-order valence-corrected chi connectivity index (χ1v) is 9.33. The molecule has 136 valence electrons. The van der Waals surface area contributed by atoms with Crippen LogP contribution >= 0.6 is 27.5 Å². The van der Waals surface area contributed by atoms with Gasteiger partial charge in [-0.3, -0.25) is 0 Å². The molecule has 0 unspecified atom stereocenters. The third-order valence-electron chi connectivity index (χ3n) is 3.52. The smallest absolute Gasteiger partial charge is 0.162 e. The Kier molecular flexibility index (Phi) is 8.55. The molecule has 2 aromatic carbocycles. The number of hydrogen-bond acceptors (Lipinski definition) is 4. The van der Waals surface area contributed by atoms with E-state index in [1.165, 1.54) is 0 Å². The molecular formula is C19H23BrClNO3. The van der Waals surface area contributed by atoms with Crippen LogP contribution in [0.15, 0.2) is 40.9 Å². The molecule has 0 radical (unpaired) electrons. The zero-order chi connectivity index (χ0) is 18.1. The molecule has 0 aliphatic carbocycles. The molecule has 25 heavy (non-hydrogen) atoms. The van der Waals surface area contributed by atoms with Crippen molar-refractivity contribution >= 4 is 27.5 Å². The Morgan fingerprint density at radius 1 is 1.08 bits per heavy atom. The van der Waals surface area contributed by atoms with Crippen molar-refractivity contribution < 1.29 is 14.2 Å². The van der Waals surface area contributed by atoms with Crippen LogP contribution in [0, 0.1) is 0 Å². The first kappa shape index (κ1) is 20.0. The van der Waals surface area contributed by atoms with Crippen LogP contribution in [0.3, 0.4) is 0 Å². The van der Waals surface area contributed by atoms with Gasteiger partial charge in [0, 0.05) is 29.7 Å². The van der Waals surface area contributed by atoms with Crippen molar-refractivity contribution in [3.05, 3.63) is 57.0 Å². The molecule has 2 rings (SSSR count). The van der Waals surface area contributed by atoms with Crippen LogP contribution in [0.2, 0.25) is 5.02 Å². The van der Waals surface area contributed by atoms with E-state index in [1.54, 1.807) is 7.11 Å². The van der Waals surface area contributed by atoms with Crippen LogP contribution in [0.4, 0.5) is 0 Å². The van der Waals surface area contributed by atoms with Crippen molar-refractivity contribution in [1.82, 2.24) is 5.32 Å². The minimum absolute atomic E-state index is 0.453. The predicted octanol–water partition coefficient (Wildman–Crippen LogP) is 4.82. The molecule has 0 saturated carbocycles. The standard InChI is InChI=1S/C19H23BrClNO3/c1-3-24-18-10-15(12-22-8-9-23-2)17(20)11-19(18)25-13-14-4-6-16(21)7-5-14/h4-7,10-11,22H,3,8-9,12-13H2,1-2H3. The van der Waals surface area contributed by atoms with Gasteiger partial charge in [-0.2, -0.15) is 0 Å². The second-order valence-electron chi connectivity index (χ2n) is 5.41. The maximum absolute atomic E-state index is 5.96. The molecule has 0 amide bonds. The maximum atomic E-state index is 5.96. The maximum Gasteiger partial charge on any atom is 0.162 e. The topological polar surface area (TPSA) is 39.7 Å². The van der Waals surface area contributed by atoms with Crippen LogP contribution < -0.4 is 14.8 Å². The van der Waals surface area contributed by atoms with Gasteiger partial charge < -0.3 is 19.5 Å². The summed E-state index contributed by atoms with van der Waals surface area (Å²) in [4.78, 5) is 0. The first-order valence-electron chi connectivity index (χ1n) is 8.16. The molecule has 0 aliphatic heterocycles. The Morgan fingerprint density at radius 2 is 1.80 bits per heavy atom. The van der Waals surface area contributed by atoms with Crippen molar-refractivity contribution in [2.24, 2.45) is 0 Å². The summed E-state index contributed by atoms with van der Waals surface area (Å²) in [5, 5.41) is 4.05. The van der Waals surface area contributed by atoms with E-state index >= 15 is 0 Å². The highest BCUT2D eigenvalue weighted by atomic mass is 79.9. The van der Waals surface area contributed by atoms with Crippen LogP contribution in [0.1, 0.15) is 18.1 Å². The van der Waals surface area contributed by atoms with E-state index in [-0.39, 0.29) is 0 Å². The van der Waals surface area contributed by atoms with Gasteiger partial charge in [0.1, 0.15) is 6.61 Å². The summed E-state index contributed by atoms with van der Waals surface area (Å²) >= 11 is 9.53. The molecule has 6 heteroatoms. The van der Waals surface area contributed by atoms with Crippen molar-refractivity contribution in [2.75, 3.05) is 26.9 Å². The number of nitrogens with one attached hydrogen (secondary N) is 1. The van der Waals surface area contributed by atoms with Gasteiger partial charge in [-0.1, -0.05) is 39.7 Å². The van der Waals surface area contributed by atoms with Gasteiger partial charge in [-0.15, -0.1) is 0 Å². The number of hydrogen-bond donors (Lipinski definition) is 1. The van der Waals surface area contributed by atoms with Gasteiger partial charge in [-0.25, -0.2) is 0 Å². The highest BCUT2D eigenvalue weighted by molar-refractivity contribution is 9.10. The van der Waals surface area contributed by atoms with E-state index in [4.69, 9.17) is 25.8 Å². The minimum Gasteiger partial charge on any atom is -0.490 e. The summed E-state index contributed by atoms with van der Waals surface area (Å²) in [6, 6.07) is 11.6. The normalized spacial score (nSPS) is 10.7. The van der Waals surface area contributed by atoms with Crippen molar-refractivity contribution in [1.29, 1.82) is 0 Å².